The Bertz CT molecular complexity index is 1390. The monoisotopic (exact) mass is 457 g/mol. The van der Waals surface area contributed by atoms with E-state index < -0.39 is 17.5 Å². The topological polar surface area (TPSA) is 106 Å². The summed E-state index contributed by atoms with van der Waals surface area (Å²) in [4.78, 5) is 36.5. The largest absolute Gasteiger partial charge is 0.508 e. The van der Waals surface area contributed by atoms with Gasteiger partial charge in [-0.05, 0) is 41.3 Å². The van der Waals surface area contributed by atoms with Gasteiger partial charge >= 0.3 is 11.6 Å². The molecule has 1 amide bonds. The summed E-state index contributed by atoms with van der Waals surface area (Å²) in [5, 5.41) is 13.1. The minimum absolute atomic E-state index is 0.0341. The van der Waals surface area contributed by atoms with Crippen molar-refractivity contribution in [2.75, 3.05) is 6.54 Å². The van der Waals surface area contributed by atoms with Gasteiger partial charge in [0.05, 0.1) is 0 Å². The Morgan fingerprint density at radius 2 is 1.65 bits per heavy atom. The maximum atomic E-state index is 12.4. The summed E-state index contributed by atoms with van der Waals surface area (Å²) < 4.78 is 10.4. The Balaban J connectivity index is 1.37. The third-order valence-electron chi connectivity index (χ3n) is 5.45. The van der Waals surface area contributed by atoms with Gasteiger partial charge in [-0.2, -0.15) is 0 Å². The van der Waals surface area contributed by atoms with Crippen LogP contribution in [0.4, 0.5) is 0 Å². The van der Waals surface area contributed by atoms with Gasteiger partial charge < -0.3 is 19.6 Å². The highest BCUT2D eigenvalue weighted by atomic mass is 16.5. The van der Waals surface area contributed by atoms with Crippen LogP contribution in [0.5, 0.6) is 5.75 Å². The fourth-order valence-corrected chi connectivity index (χ4v) is 3.62. The Morgan fingerprint density at radius 3 is 2.35 bits per heavy atom. The number of aryl methyl sites for hydroxylation is 1. The molecule has 4 rings (SSSR count). The zero-order valence-corrected chi connectivity index (χ0v) is 18.5. The van der Waals surface area contributed by atoms with E-state index in [-0.39, 0.29) is 24.5 Å². The zero-order chi connectivity index (χ0) is 24.1. The summed E-state index contributed by atoms with van der Waals surface area (Å²) in [6.45, 7) is 1.40. The fourth-order valence-electron chi connectivity index (χ4n) is 3.62. The SMILES string of the molecule is CCc1cc2c(COC(=O)CNC(=O)c3ccc(-c4ccccc4)cc3)cc(=O)oc2cc1O. The zero-order valence-electron chi connectivity index (χ0n) is 18.5. The van der Waals surface area contributed by atoms with Crippen LogP contribution >= 0.6 is 0 Å². The van der Waals surface area contributed by atoms with Gasteiger partial charge in [-0.1, -0.05) is 49.4 Å². The van der Waals surface area contributed by atoms with Crippen molar-refractivity contribution in [3.63, 3.8) is 0 Å². The predicted molar refractivity (Wildman–Crippen MR) is 128 cm³/mol. The standard InChI is InChI=1S/C27H23NO6/c1-2-17-12-22-21(13-25(30)34-24(22)14-23(17)29)16-33-26(31)15-28-27(32)20-10-8-19(9-11-20)18-6-4-3-5-7-18/h3-14,29H,2,15-16H2,1H3,(H,28,32). The van der Waals surface area contributed by atoms with Crippen LogP contribution in [0, 0.1) is 0 Å². The molecular weight excluding hydrogens is 434 g/mol. The summed E-state index contributed by atoms with van der Waals surface area (Å²) in [6.07, 6.45) is 0.582. The normalized spacial score (nSPS) is 10.7. The number of hydrogen-bond acceptors (Lipinski definition) is 6. The highest BCUT2D eigenvalue weighted by Gasteiger charge is 2.13. The lowest BCUT2D eigenvalue weighted by molar-refractivity contribution is -0.143. The molecule has 0 saturated heterocycles. The van der Waals surface area contributed by atoms with E-state index in [1.807, 2.05) is 49.4 Å². The van der Waals surface area contributed by atoms with E-state index in [0.29, 0.717) is 28.5 Å². The molecule has 0 bridgehead atoms. The number of nitrogens with one attached hydrogen (secondary N) is 1. The van der Waals surface area contributed by atoms with Crippen molar-refractivity contribution in [3.8, 4) is 16.9 Å². The van der Waals surface area contributed by atoms with Crippen LogP contribution in [0.15, 0.2) is 82.0 Å². The van der Waals surface area contributed by atoms with Crippen molar-refractivity contribution in [1.82, 2.24) is 5.32 Å². The second kappa shape index (κ2) is 10.0. The molecule has 3 aromatic carbocycles. The molecular formula is C27H23NO6. The molecule has 0 spiro atoms. The Labute approximate surface area is 195 Å². The van der Waals surface area contributed by atoms with Gasteiger partial charge in [-0.15, -0.1) is 0 Å². The summed E-state index contributed by atoms with van der Waals surface area (Å²) in [5.41, 5.74) is 3.18. The smallest absolute Gasteiger partial charge is 0.336 e. The van der Waals surface area contributed by atoms with E-state index in [9.17, 15) is 19.5 Å². The summed E-state index contributed by atoms with van der Waals surface area (Å²) >= 11 is 0. The van der Waals surface area contributed by atoms with Crippen molar-refractivity contribution in [2.45, 2.75) is 20.0 Å². The van der Waals surface area contributed by atoms with Gasteiger partial charge in [0.1, 0.15) is 24.5 Å². The average molecular weight is 457 g/mol. The third-order valence-corrected chi connectivity index (χ3v) is 5.45. The molecule has 7 nitrogen and oxygen atoms in total. The van der Waals surface area contributed by atoms with Crippen molar-refractivity contribution in [3.05, 3.63) is 99.9 Å². The number of benzene rings is 3. The van der Waals surface area contributed by atoms with Crippen LogP contribution in [-0.2, 0) is 22.6 Å². The van der Waals surface area contributed by atoms with Crippen molar-refractivity contribution < 1.29 is 23.8 Å². The first-order chi connectivity index (χ1) is 16.4. The number of amides is 1. The van der Waals surface area contributed by atoms with Crippen LogP contribution in [0.25, 0.3) is 22.1 Å². The van der Waals surface area contributed by atoms with Gasteiger partial charge in [0.2, 0.25) is 0 Å². The molecule has 1 aromatic heterocycles. The number of aromatic hydroxyl groups is 1. The molecule has 0 radical (unpaired) electrons. The van der Waals surface area contributed by atoms with Crippen LogP contribution in [0.2, 0.25) is 0 Å². The number of ether oxygens (including phenoxy) is 1. The molecule has 1 heterocycles. The number of carbonyl (C=O) groups is 2. The molecule has 4 aromatic rings. The van der Waals surface area contributed by atoms with Crippen LogP contribution in [0.1, 0.15) is 28.4 Å². The quantitative estimate of drug-likeness (QED) is 0.318. The van der Waals surface area contributed by atoms with Crippen molar-refractivity contribution >= 4 is 22.8 Å². The average Bonchev–Trinajstić information content (AvgIpc) is 2.86. The third kappa shape index (κ3) is 5.15. The van der Waals surface area contributed by atoms with Gasteiger partial charge in [-0.3, -0.25) is 9.59 Å². The Hall–Kier alpha value is -4.39. The Morgan fingerprint density at radius 1 is 0.941 bits per heavy atom. The van der Waals surface area contributed by atoms with Gasteiger partial charge in [0.15, 0.2) is 0 Å². The number of esters is 1. The molecule has 7 heteroatoms. The maximum Gasteiger partial charge on any atom is 0.336 e. The summed E-state index contributed by atoms with van der Waals surface area (Å²) in [6, 6.07) is 21.2. The molecule has 2 N–H and O–H groups in total. The number of hydrogen-bond donors (Lipinski definition) is 2. The minimum Gasteiger partial charge on any atom is -0.508 e. The lowest BCUT2D eigenvalue weighted by Gasteiger charge is -2.10. The molecule has 0 saturated carbocycles. The van der Waals surface area contributed by atoms with Crippen LogP contribution < -0.4 is 10.9 Å². The molecule has 0 atom stereocenters. The second-order valence-corrected chi connectivity index (χ2v) is 7.71. The first-order valence-corrected chi connectivity index (χ1v) is 10.8. The first-order valence-electron chi connectivity index (χ1n) is 10.8. The summed E-state index contributed by atoms with van der Waals surface area (Å²) in [5.74, 6) is -1.01. The second-order valence-electron chi connectivity index (χ2n) is 7.71. The van der Waals surface area contributed by atoms with E-state index in [4.69, 9.17) is 9.15 Å². The molecule has 0 aliphatic carbocycles. The van der Waals surface area contributed by atoms with E-state index in [1.54, 1.807) is 18.2 Å². The molecule has 0 fully saturated rings. The van der Waals surface area contributed by atoms with Crippen molar-refractivity contribution in [1.29, 1.82) is 0 Å². The van der Waals surface area contributed by atoms with Crippen LogP contribution in [-0.4, -0.2) is 23.5 Å². The predicted octanol–water partition coefficient (Wildman–Crippen LogP) is 4.20. The van der Waals surface area contributed by atoms with Gasteiger partial charge in [-0.25, -0.2) is 4.79 Å². The fraction of sp³-hybridized carbons (Fsp3) is 0.148. The number of phenols is 1. The maximum absolute atomic E-state index is 12.4. The molecule has 172 valence electrons. The first kappa shape index (κ1) is 22.8. The summed E-state index contributed by atoms with van der Waals surface area (Å²) in [7, 11) is 0. The highest BCUT2D eigenvalue weighted by molar-refractivity contribution is 5.96. The van der Waals surface area contributed by atoms with E-state index in [2.05, 4.69) is 5.32 Å². The minimum atomic E-state index is -0.648. The number of carbonyl (C=O) groups excluding carboxylic acids is 2. The lowest BCUT2D eigenvalue weighted by Crippen LogP contribution is -2.30. The van der Waals surface area contributed by atoms with Crippen LogP contribution in [0.3, 0.4) is 0 Å². The molecule has 0 aliphatic heterocycles. The van der Waals surface area contributed by atoms with Gasteiger partial charge in [0, 0.05) is 28.6 Å². The van der Waals surface area contributed by atoms with E-state index >= 15 is 0 Å². The number of rotatable bonds is 7. The Kier molecular flexibility index (Phi) is 6.73. The van der Waals surface area contributed by atoms with Gasteiger partial charge in [0.25, 0.3) is 5.91 Å². The molecule has 0 unspecified atom stereocenters. The van der Waals surface area contributed by atoms with E-state index in [0.717, 1.165) is 11.1 Å². The lowest BCUT2D eigenvalue weighted by atomic mass is 10.0. The number of fused-ring (bicyclic) bond motifs is 1. The van der Waals surface area contributed by atoms with Crippen molar-refractivity contribution in [2.24, 2.45) is 0 Å². The number of phenolic OH excluding ortho intramolecular Hbond substituents is 1. The van der Waals surface area contributed by atoms with E-state index in [1.165, 1.54) is 12.1 Å². The molecule has 34 heavy (non-hydrogen) atoms. The molecule has 0 aliphatic rings. The highest BCUT2D eigenvalue weighted by Crippen LogP contribution is 2.27.